The number of likely N-dealkylation sites (tertiary alicyclic amines) is 1. The van der Waals surface area contributed by atoms with Crippen molar-refractivity contribution in [3.63, 3.8) is 0 Å². The Morgan fingerprint density at radius 1 is 1.50 bits per heavy atom. The highest BCUT2D eigenvalue weighted by molar-refractivity contribution is 5.89. The Labute approximate surface area is 82.6 Å². The molecule has 0 atom stereocenters. The summed E-state index contributed by atoms with van der Waals surface area (Å²) in [5.41, 5.74) is 5.11. The molecule has 0 saturated carbocycles. The number of rotatable bonds is 1. The number of hydrogen-bond donors (Lipinski definition) is 2. The lowest BCUT2D eigenvalue weighted by molar-refractivity contribution is -0.147. The number of nitrogens with two attached hydrogens (primary N) is 1. The SMILES string of the molecule is NCC(=O)N1CCC2(CC1)CNC2=O. The minimum absolute atomic E-state index is 0.0143. The predicted molar refractivity (Wildman–Crippen MR) is 50.3 cm³/mol. The van der Waals surface area contributed by atoms with Crippen LogP contribution in [0, 0.1) is 5.41 Å². The van der Waals surface area contributed by atoms with Gasteiger partial charge in [-0.15, -0.1) is 0 Å². The van der Waals surface area contributed by atoms with Gasteiger partial charge in [-0.05, 0) is 12.8 Å². The van der Waals surface area contributed by atoms with Crippen molar-refractivity contribution in [1.82, 2.24) is 10.2 Å². The fraction of sp³-hybridized carbons (Fsp3) is 0.778. The van der Waals surface area contributed by atoms with E-state index in [1.165, 1.54) is 0 Å². The van der Waals surface area contributed by atoms with Gasteiger partial charge in [-0.25, -0.2) is 0 Å². The topological polar surface area (TPSA) is 75.4 Å². The lowest BCUT2D eigenvalue weighted by Gasteiger charge is -2.46. The number of carbonyl (C=O) groups excluding carboxylic acids is 2. The van der Waals surface area contributed by atoms with Crippen LogP contribution in [0.2, 0.25) is 0 Å². The summed E-state index contributed by atoms with van der Waals surface area (Å²) in [4.78, 5) is 24.3. The Kier molecular flexibility index (Phi) is 2.19. The molecular weight excluding hydrogens is 182 g/mol. The Bertz CT molecular complexity index is 269. The largest absolute Gasteiger partial charge is 0.354 e. The first-order valence-electron chi connectivity index (χ1n) is 4.94. The average molecular weight is 197 g/mol. The van der Waals surface area contributed by atoms with Crippen molar-refractivity contribution in [2.75, 3.05) is 26.2 Å². The summed E-state index contributed by atoms with van der Waals surface area (Å²) in [6.07, 6.45) is 1.56. The van der Waals surface area contributed by atoms with Gasteiger partial charge in [0, 0.05) is 19.6 Å². The molecule has 0 aliphatic carbocycles. The van der Waals surface area contributed by atoms with Crippen LogP contribution in [0.4, 0.5) is 0 Å². The number of carbonyl (C=O) groups is 2. The summed E-state index contributed by atoms with van der Waals surface area (Å²) in [5, 5.41) is 2.76. The molecular formula is C9H15N3O2. The predicted octanol–water partition coefficient (Wildman–Crippen LogP) is -1.32. The highest BCUT2D eigenvalue weighted by atomic mass is 16.2. The maximum atomic E-state index is 11.3. The van der Waals surface area contributed by atoms with E-state index in [1.807, 2.05) is 0 Å². The molecule has 0 unspecified atom stereocenters. The number of nitrogens with one attached hydrogen (secondary N) is 1. The van der Waals surface area contributed by atoms with Crippen LogP contribution < -0.4 is 11.1 Å². The molecule has 2 amide bonds. The van der Waals surface area contributed by atoms with Crippen molar-refractivity contribution in [2.45, 2.75) is 12.8 Å². The normalized spacial score (nSPS) is 24.4. The van der Waals surface area contributed by atoms with Crippen LogP contribution >= 0.6 is 0 Å². The molecule has 2 aliphatic heterocycles. The van der Waals surface area contributed by atoms with Gasteiger partial charge in [-0.2, -0.15) is 0 Å². The van der Waals surface area contributed by atoms with Crippen LogP contribution in [0.1, 0.15) is 12.8 Å². The van der Waals surface area contributed by atoms with E-state index in [0.717, 1.165) is 19.4 Å². The summed E-state index contributed by atoms with van der Waals surface area (Å²) in [7, 11) is 0. The first-order chi connectivity index (χ1) is 6.68. The zero-order valence-corrected chi connectivity index (χ0v) is 8.08. The van der Waals surface area contributed by atoms with Crippen LogP contribution in [-0.2, 0) is 9.59 Å². The van der Waals surface area contributed by atoms with E-state index in [-0.39, 0.29) is 23.8 Å². The highest BCUT2D eigenvalue weighted by Crippen LogP contribution is 2.35. The Hall–Kier alpha value is -1.10. The van der Waals surface area contributed by atoms with Crippen molar-refractivity contribution in [2.24, 2.45) is 11.1 Å². The lowest BCUT2D eigenvalue weighted by Crippen LogP contribution is -2.63. The van der Waals surface area contributed by atoms with Crippen LogP contribution in [0.5, 0.6) is 0 Å². The van der Waals surface area contributed by atoms with Gasteiger partial charge in [0.1, 0.15) is 0 Å². The second-order valence-corrected chi connectivity index (χ2v) is 4.05. The maximum absolute atomic E-state index is 11.3. The van der Waals surface area contributed by atoms with E-state index in [1.54, 1.807) is 4.90 Å². The van der Waals surface area contributed by atoms with E-state index >= 15 is 0 Å². The number of amides is 2. The second kappa shape index (κ2) is 3.24. The molecule has 2 saturated heterocycles. The smallest absolute Gasteiger partial charge is 0.236 e. The van der Waals surface area contributed by atoms with E-state index in [9.17, 15) is 9.59 Å². The first kappa shape index (κ1) is 9.45. The molecule has 0 radical (unpaired) electrons. The first-order valence-corrected chi connectivity index (χ1v) is 4.94. The fourth-order valence-electron chi connectivity index (χ4n) is 2.13. The molecule has 0 aromatic heterocycles. The molecule has 0 bridgehead atoms. The van der Waals surface area contributed by atoms with Crippen LogP contribution in [-0.4, -0.2) is 42.9 Å². The molecule has 2 aliphatic rings. The molecule has 1 spiro atoms. The van der Waals surface area contributed by atoms with Crippen molar-refractivity contribution >= 4 is 11.8 Å². The minimum atomic E-state index is -0.161. The van der Waals surface area contributed by atoms with Crippen LogP contribution in [0.25, 0.3) is 0 Å². The fourth-order valence-corrected chi connectivity index (χ4v) is 2.13. The van der Waals surface area contributed by atoms with Gasteiger partial charge in [-0.3, -0.25) is 9.59 Å². The third kappa shape index (κ3) is 1.28. The molecule has 5 heteroatoms. The molecule has 0 aromatic carbocycles. The molecule has 5 nitrogen and oxygen atoms in total. The second-order valence-electron chi connectivity index (χ2n) is 4.05. The van der Waals surface area contributed by atoms with E-state index in [0.29, 0.717) is 13.1 Å². The van der Waals surface area contributed by atoms with Gasteiger partial charge >= 0.3 is 0 Å². The van der Waals surface area contributed by atoms with Crippen molar-refractivity contribution in [3.8, 4) is 0 Å². The number of piperidine rings is 1. The third-order valence-corrected chi connectivity index (χ3v) is 3.32. The summed E-state index contributed by atoms with van der Waals surface area (Å²) in [5.74, 6) is 0.136. The van der Waals surface area contributed by atoms with E-state index in [4.69, 9.17) is 5.73 Å². The average Bonchev–Trinajstić information content (AvgIpc) is 2.26. The summed E-state index contributed by atoms with van der Waals surface area (Å²) in [6.45, 7) is 2.18. The Morgan fingerprint density at radius 2 is 2.14 bits per heavy atom. The summed E-state index contributed by atoms with van der Waals surface area (Å²) in [6, 6.07) is 0. The van der Waals surface area contributed by atoms with E-state index in [2.05, 4.69) is 5.32 Å². The van der Waals surface area contributed by atoms with Gasteiger partial charge < -0.3 is 16.0 Å². The molecule has 2 heterocycles. The number of β-lactam (4-membered cyclic amide) rings is 1. The lowest BCUT2D eigenvalue weighted by atomic mass is 9.72. The number of nitrogens with zero attached hydrogens (tertiary/aromatic N) is 1. The Balaban J connectivity index is 1.92. The molecule has 14 heavy (non-hydrogen) atoms. The van der Waals surface area contributed by atoms with Crippen molar-refractivity contribution in [3.05, 3.63) is 0 Å². The van der Waals surface area contributed by atoms with Crippen molar-refractivity contribution < 1.29 is 9.59 Å². The molecule has 2 fully saturated rings. The summed E-state index contributed by atoms with van der Waals surface area (Å²) < 4.78 is 0. The van der Waals surface area contributed by atoms with Gasteiger partial charge in [0.15, 0.2) is 0 Å². The molecule has 78 valence electrons. The zero-order valence-electron chi connectivity index (χ0n) is 8.08. The summed E-state index contributed by atoms with van der Waals surface area (Å²) >= 11 is 0. The quantitative estimate of drug-likeness (QED) is 0.512. The minimum Gasteiger partial charge on any atom is -0.354 e. The van der Waals surface area contributed by atoms with Gasteiger partial charge in [0.2, 0.25) is 11.8 Å². The molecule has 0 aromatic rings. The van der Waals surface area contributed by atoms with E-state index < -0.39 is 0 Å². The zero-order chi connectivity index (χ0) is 10.2. The van der Waals surface area contributed by atoms with Crippen LogP contribution in [0.15, 0.2) is 0 Å². The van der Waals surface area contributed by atoms with Gasteiger partial charge in [0.05, 0.1) is 12.0 Å². The number of hydrogen-bond acceptors (Lipinski definition) is 3. The highest BCUT2D eigenvalue weighted by Gasteiger charge is 2.48. The standard InChI is InChI=1S/C9H15N3O2/c10-5-7(13)12-3-1-9(2-4-12)6-11-8(9)14/h1-6,10H2,(H,11,14). The van der Waals surface area contributed by atoms with Crippen LogP contribution in [0.3, 0.4) is 0 Å². The molecule has 2 rings (SSSR count). The molecule has 3 N–H and O–H groups in total. The van der Waals surface area contributed by atoms with Crippen molar-refractivity contribution in [1.29, 1.82) is 0 Å². The van der Waals surface area contributed by atoms with Gasteiger partial charge in [-0.1, -0.05) is 0 Å². The van der Waals surface area contributed by atoms with Gasteiger partial charge in [0.25, 0.3) is 0 Å². The maximum Gasteiger partial charge on any atom is 0.236 e. The third-order valence-electron chi connectivity index (χ3n) is 3.32. The Morgan fingerprint density at radius 3 is 2.50 bits per heavy atom. The monoisotopic (exact) mass is 197 g/mol.